The van der Waals surface area contributed by atoms with Crippen molar-refractivity contribution in [3.8, 4) is 0 Å². The Labute approximate surface area is 120 Å². The lowest BCUT2D eigenvalue weighted by Crippen LogP contribution is -2.28. The molecule has 2 aromatic rings. The normalized spacial score (nSPS) is 9.40. The molecule has 0 fully saturated rings. The van der Waals surface area contributed by atoms with Gasteiger partial charge in [0.2, 0.25) is 0 Å². The maximum atomic E-state index is 11.4. The highest BCUT2D eigenvalue weighted by Crippen LogP contribution is 2.22. The number of amides is 2. The molecule has 0 aliphatic rings. The minimum atomic E-state index is -0.177. The minimum absolute atomic E-state index is 0.177. The standard InChI is InChI=1S/C14H17N3O.C2H6/c1-3-16-14(18)17-13-7-5-10-8-12(15-2)6-4-11(10)9-13;1-2/h4-9,15H,3H2,1-2H3,(H2,16,17,18);1-2H3. The van der Waals surface area contributed by atoms with Crippen molar-refractivity contribution in [3.63, 3.8) is 0 Å². The van der Waals surface area contributed by atoms with Crippen molar-refractivity contribution in [2.75, 3.05) is 24.2 Å². The molecule has 2 aromatic carbocycles. The number of carbonyl (C=O) groups is 1. The first kappa shape index (κ1) is 15.8. The van der Waals surface area contributed by atoms with Gasteiger partial charge in [0.15, 0.2) is 0 Å². The Morgan fingerprint density at radius 2 is 1.55 bits per heavy atom. The molecule has 2 rings (SSSR count). The van der Waals surface area contributed by atoms with Crippen LogP contribution in [0.3, 0.4) is 0 Å². The van der Waals surface area contributed by atoms with Gasteiger partial charge in [-0.2, -0.15) is 0 Å². The molecular formula is C16H23N3O. The third-order valence-corrected chi connectivity index (χ3v) is 2.72. The van der Waals surface area contributed by atoms with Gasteiger partial charge in [0.25, 0.3) is 0 Å². The van der Waals surface area contributed by atoms with E-state index in [9.17, 15) is 4.79 Å². The predicted octanol–water partition coefficient (Wildman–Crippen LogP) is 4.05. The first-order chi connectivity index (χ1) is 9.72. The molecule has 4 heteroatoms. The summed E-state index contributed by atoms with van der Waals surface area (Å²) in [7, 11) is 1.90. The number of urea groups is 1. The maximum absolute atomic E-state index is 11.4. The average Bonchev–Trinajstić information content (AvgIpc) is 2.49. The molecule has 0 bridgehead atoms. The van der Waals surface area contributed by atoms with Crippen LogP contribution in [0.2, 0.25) is 0 Å². The topological polar surface area (TPSA) is 53.2 Å². The molecule has 0 unspecified atom stereocenters. The summed E-state index contributed by atoms with van der Waals surface area (Å²) in [5.41, 5.74) is 1.87. The third-order valence-electron chi connectivity index (χ3n) is 2.72. The van der Waals surface area contributed by atoms with E-state index < -0.39 is 0 Å². The van der Waals surface area contributed by atoms with Gasteiger partial charge >= 0.3 is 6.03 Å². The molecule has 2 amide bonds. The zero-order chi connectivity index (χ0) is 15.0. The molecule has 0 saturated carbocycles. The number of carbonyl (C=O) groups excluding carboxylic acids is 1. The molecule has 0 aromatic heterocycles. The molecule has 0 radical (unpaired) electrons. The monoisotopic (exact) mass is 273 g/mol. The fourth-order valence-electron chi connectivity index (χ4n) is 1.81. The largest absolute Gasteiger partial charge is 0.388 e. The molecular weight excluding hydrogens is 250 g/mol. The molecule has 0 aliphatic carbocycles. The second kappa shape index (κ2) is 8.04. The summed E-state index contributed by atoms with van der Waals surface area (Å²) < 4.78 is 0. The highest BCUT2D eigenvalue weighted by molar-refractivity contribution is 5.94. The minimum Gasteiger partial charge on any atom is -0.388 e. The van der Waals surface area contributed by atoms with Crippen LogP contribution >= 0.6 is 0 Å². The Bertz CT molecular complexity index is 567. The highest BCUT2D eigenvalue weighted by Gasteiger charge is 2.01. The lowest BCUT2D eigenvalue weighted by Gasteiger charge is -2.08. The SMILES string of the molecule is CC.CCNC(=O)Nc1ccc2cc(NC)ccc2c1. The molecule has 3 N–H and O–H groups in total. The second-order valence-electron chi connectivity index (χ2n) is 4.01. The Morgan fingerprint density at radius 1 is 1.00 bits per heavy atom. The smallest absolute Gasteiger partial charge is 0.319 e. The van der Waals surface area contributed by atoms with Crippen LogP contribution in [0.15, 0.2) is 36.4 Å². The molecule has 0 spiro atoms. The van der Waals surface area contributed by atoms with Crippen LogP contribution in [0.4, 0.5) is 16.2 Å². The summed E-state index contributed by atoms with van der Waals surface area (Å²) in [6.07, 6.45) is 0. The van der Waals surface area contributed by atoms with Gasteiger partial charge in [-0.3, -0.25) is 0 Å². The lowest BCUT2D eigenvalue weighted by atomic mass is 10.1. The fraction of sp³-hybridized carbons (Fsp3) is 0.312. The van der Waals surface area contributed by atoms with E-state index in [-0.39, 0.29) is 6.03 Å². The van der Waals surface area contributed by atoms with Gasteiger partial charge < -0.3 is 16.0 Å². The molecule has 0 saturated heterocycles. The van der Waals surface area contributed by atoms with Crippen molar-refractivity contribution in [3.05, 3.63) is 36.4 Å². The number of hydrogen-bond acceptors (Lipinski definition) is 2. The Hall–Kier alpha value is -2.23. The van der Waals surface area contributed by atoms with Crippen LogP contribution in [0.25, 0.3) is 10.8 Å². The highest BCUT2D eigenvalue weighted by atomic mass is 16.2. The summed E-state index contributed by atoms with van der Waals surface area (Å²) >= 11 is 0. The van der Waals surface area contributed by atoms with E-state index in [4.69, 9.17) is 0 Å². The van der Waals surface area contributed by atoms with Crippen LogP contribution in [0, 0.1) is 0 Å². The number of rotatable bonds is 3. The molecule has 0 aliphatic heterocycles. The van der Waals surface area contributed by atoms with E-state index in [0.29, 0.717) is 6.54 Å². The predicted molar refractivity (Wildman–Crippen MR) is 87.5 cm³/mol. The van der Waals surface area contributed by atoms with E-state index in [2.05, 4.69) is 22.0 Å². The fourth-order valence-corrected chi connectivity index (χ4v) is 1.81. The van der Waals surface area contributed by atoms with Gasteiger partial charge in [-0.1, -0.05) is 26.0 Å². The summed E-state index contributed by atoms with van der Waals surface area (Å²) in [6.45, 7) is 6.50. The summed E-state index contributed by atoms with van der Waals surface area (Å²) in [5.74, 6) is 0. The maximum Gasteiger partial charge on any atom is 0.319 e. The van der Waals surface area contributed by atoms with Crippen LogP contribution in [-0.2, 0) is 0 Å². The van der Waals surface area contributed by atoms with Gasteiger partial charge in [0.05, 0.1) is 0 Å². The van der Waals surface area contributed by atoms with Gasteiger partial charge in [0, 0.05) is 25.0 Å². The van der Waals surface area contributed by atoms with Gasteiger partial charge in [-0.25, -0.2) is 4.79 Å². The molecule has 4 nitrogen and oxygen atoms in total. The van der Waals surface area contributed by atoms with Gasteiger partial charge in [-0.05, 0) is 42.0 Å². The first-order valence-electron chi connectivity index (χ1n) is 6.99. The number of hydrogen-bond donors (Lipinski definition) is 3. The molecule has 108 valence electrons. The van der Waals surface area contributed by atoms with E-state index in [0.717, 1.165) is 22.1 Å². The Balaban J connectivity index is 0.000000956. The molecule has 0 heterocycles. The lowest BCUT2D eigenvalue weighted by molar-refractivity contribution is 0.252. The van der Waals surface area contributed by atoms with Crippen LogP contribution in [0.5, 0.6) is 0 Å². The quantitative estimate of drug-likeness (QED) is 0.790. The van der Waals surface area contributed by atoms with Crippen molar-refractivity contribution < 1.29 is 4.79 Å². The van der Waals surface area contributed by atoms with Crippen molar-refractivity contribution in [1.82, 2.24) is 5.32 Å². The van der Waals surface area contributed by atoms with Crippen molar-refractivity contribution >= 4 is 28.2 Å². The summed E-state index contributed by atoms with van der Waals surface area (Å²) in [4.78, 5) is 11.4. The third kappa shape index (κ3) is 4.16. The zero-order valence-electron chi connectivity index (χ0n) is 12.6. The summed E-state index contributed by atoms with van der Waals surface area (Å²) in [5, 5.41) is 10.8. The summed E-state index contributed by atoms with van der Waals surface area (Å²) in [6, 6.07) is 11.8. The van der Waals surface area contributed by atoms with Crippen molar-refractivity contribution in [2.24, 2.45) is 0 Å². The molecule has 0 atom stereocenters. The van der Waals surface area contributed by atoms with E-state index in [1.165, 1.54) is 0 Å². The van der Waals surface area contributed by atoms with Crippen molar-refractivity contribution in [1.29, 1.82) is 0 Å². The van der Waals surface area contributed by atoms with Crippen LogP contribution in [0.1, 0.15) is 20.8 Å². The van der Waals surface area contributed by atoms with Crippen molar-refractivity contribution in [2.45, 2.75) is 20.8 Å². The van der Waals surface area contributed by atoms with Crippen LogP contribution < -0.4 is 16.0 Å². The number of anilines is 2. The number of fused-ring (bicyclic) bond motifs is 1. The van der Waals surface area contributed by atoms with E-state index in [1.807, 2.05) is 58.2 Å². The Kier molecular flexibility index (Phi) is 6.37. The zero-order valence-corrected chi connectivity index (χ0v) is 12.6. The Morgan fingerprint density at radius 3 is 2.10 bits per heavy atom. The number of benzene rings is 2. The second-order valence-corrected chi connectivity index (χ2v) is 4.01. The van der Waals surface area contributed by atoms with Gasteiger partial charge in [0.1, 0.15) is 0 Å². The van der Waals surface area contributed by atoms with Gasteiger partial charge in [-0.15, -0.1) is 0 Å². The average molecular weight is 273 g/mol. The first-order valence-corrected chi connectivity index (χ1v) is 6.99. The van der Waals surface area contributed by atoms with Crippen LogP contribution in [-0.4, -0.2) is 19.6 Å². The number of nitrogens with one attached hydrogen (secondary N) is 3. The van der Waals surface area contributed by atoms with E-state index >= 15 is 0 Å². The molecule has 20 heavy (non-hydrogen) atoms. The van der Waals surface area contributed by atoms with E-state index in [1.54, 1.807) is 0 Å².